The van der Waals surface area contributed by atoms with Crippen LogP contribution < -0.4 is 5.32 Å². The molecular weight excluding hydrogens is 306 g/mol. The number of urea groups is 1. The van der Waals surface area contributed by atoms with E-state index in [4.69, 9.17) is 0 Å². The van der Waals surface area contributed by atoms with Crippen LogP contribution in [0.2, 0.25) is 0 Å². The minimum absolute atomic E-state index is 0.0943. The van der Waals surface area contributed by atoms with Crippen molar-refractivity contribution in [3.05, 3.63) is 0 Å². The Morgan fingerprint density at radius 2 is 1.67 bits per heavy atom. The molecular formula is C18H31N3O3. The van der Waals surface area contributed by atoms with Gasteiger partial charge in [0.15, 0.2) is 0 Å². The van der Waals surface area contributed by atoms with E-state index in [2.05, 4.69) is 5.32 Å². The third-order valence-corrected chi connectivity index (χ3v) is 5.67. The number of rotatable bonds is 6. The van der Waals surface area contributed by atoms with Crippen molar-refractivity contribution in [2.45, 2.75) is 90.3 Å². The number of nitrogens with one attached hydrogen (secondary N) is 1. The highest BCUT2D eigenvalue weighted by Gasteiger charge is 2.51. The summed E-state index contributed by atoms with van der Waals surface area (Å²) in [6.45, 7) is 7.95. The Kier molecular flexibility index (Phi) is 5.88. The minimum atomic E-state index is -0.757. The molecule has 24 heavy (non-hydrogen) atoms. The third-order valence-electron chi connectivity index (χ3n) is 5.67. The van der Waals surface area contributed by atoms with Crippen molar-refractivity contribution in [3.8, 4) is 0 Å². The fourth-order valence-electron chi connectivity index (χ4n) is 3.85. The summed E-state index contributed by atoms with van der Waals surface area (Å²) >= 11 is 0. The molecule has 1 heterocycles. The van der Waals surface area contributed by atoms with E-state index in [1.54, 1.807) is 0 Å². The van der Waals surface area contributed by atoms with Gasteiger partial charge < -0.3 is 10.2 Å². The third kappa shape index (κ3) is 3.42. The highest BCUT2D eigenvalue weighted by molar-refractivity contribution is 6.09. The topological polar surface area (TPSA) is 69.7 Å². The SMILES string of the molecule is CC[C@@H](C)N(C(=O)CN1C(=O)NC2(CCCCC2)C1=O)[C@@H](C)CC. The van der Waals surface area contributed by atoms with Crippen molar-refractivity contribution in [1.82, 2.24) is 15.1 Å². The van der Waals surface area contributed by atoms with Crippen molar-refractivity contribution in [2.24, 2.45) is 0 Å². The molecule has 0 aromatic heterocycles. The summed E-state index contributed by atoms with van der Waals surface area (Å²) in [5, 5.41) is 2.87. The number of carbonyl (C=O) groups excluding carboxylic acids is 3. The highest BCUT2D eigenvalue weighted by Crippen LogP contribution is 2.33. The highest BCUT2D eigenvalue weighted by atomic mass is 16.2. The molecule has 1 saturated heterocycles. The van der Waals surface area contributed by atoms with Crippen LogP contribution in [0.4, 0.5) is 4.79 Å². The number of nitrogens with zero attached hydrogens (tertiary/aromatic N) is 2. The van der Waals surface area contributed by atoms with E-state index >= 15 is 0 Å². The molecule has 136 valence electrons. The lowest BCUT2D eigenvalue weighted by Gasteiger charge is -2.35. The molecule has 0 unspecified atom stereocenters. The fourth-order valence-corrected chi connectivity index (χ4v) is 3.85. The van der Waals surface area contributed by atoms with Crippen LogP contribution in [0.5, 0.6) is 0 Å². The normalized spacial score (nSPS) is 22.4. The molecule has 2 atom stereocenters. The molecule has 0 aromatic rings. The predicted molar refractivity (Wildman–Crippen MR) is 92.4 cm³/mol. The number of hydrogen-bond donors (Lipinski definition) is 1. The lowest BCUT2D eigenvalue weighted by molar-refractivity contribution is -0.142. The maximum absolute atomic E-state index is 12.8. The zero-order chi connectivity index (χ0) is 17.9. The smallest absolute Gasteiger partial charge is 0.325 e. The average molecular weight is 337 g/mol. The van der Waals surface area contributed by atoms with E-state index in [-0.39, 0.29) is 30.4 Å². The van der Waals surface area contributed by atoms with Gasteiger partial charge in [-0.25, -0.2) is 4.79 Å². The molecule has 4 amide bonds. The minimum Gasteiger partial charge on any atom is -0.336 e. The molecule has 0 bridgehead atoms. The maximum Gasteiger partial charge on any atom is 0.325 e. The molecule has 1 spiro atoms. The van der Waals surface area contributed by atoms with E-state index in [0.717, 1.165) is 37.0 Å². The van der Waals surface area contributed by atoms with E-state index in [1.165, 1.54) is 0 Å². The summed E-state index contributed by atoms with van der Waals surface area (Å²) in [4.78, 5) is 40.9. The lowest BCUT2D eigenvalue weighted by atomic mass is 9.82. The molecule has 0 aromatic carbocycles. The van der Waals surface area contributed by atoms with Crippen molar-refractivity contribution < 1.29 is 14.4 Å². The van der Waals surface area contributed by atoms with Gasteiger partial charge >= 0.3 is 6.03 Å². The van der Waals surface area contributed by atoms with Crippen LogP contribution in [-0.4, -0.2) is 51.8 Å². The zero-order valence-electron chi connectivity index (χ0n) is 15.4. The van der Waals surface area contributed by atoms with Gasteiger partial charge in [0, 0.05) is 12.1 Å². The second kappa shape index (κ2) is 7.53. The van der Waals surface area contributed by atoms with Gasteiger partial charge in [-0.1, -0.05) is 33.1 Å². The first-order valence-corrected chi connectivity index (χ1v) is 9.31. The standard InChI is InChI=1S/C18H31N3O3/c1-5-13(3)21(14(4)6-2)15(22)12-20-16(23)18(19-17(20)24)10-8-7-9-11-18/h13-14H,5-12H2,1-4H3,(H,19,24)/t13-,14+. The van der Waals surface area contributed by atoms with Gasteiger partial charge in [0.2, 0.25) is 5.91 Å². The van der Waals surface area contributed by atoms with Gasteiger partial charge in [-0.05, 0) is 39.5 Å². The van der Waals surface area contributed by atoms with Crippen LogP contribution in [0.15, 0.2) is 0 Å². The molecule has 1 aliphatic heterocycles. The van der Waals surface area contributed by atoms with Crippen LogP contribution in [0.1, 0.15) is 72.6 Å². The molecule has 6 heteroatoms. The van der Waals surface area contributed by atoms with Crippen LogP contribution in [0.25, 0.3) is 0 Å². The monoisotopic (exact) mass is 337 g/mol. The second-order valence-electron chi connectivity index (χ2n) is 7.28. The number of carbonyl (C=O) groups is 3. The van der Waals surface area contributed by atoms with Crippen LogP contribution in [0, 0.1) is 0 Å². The lowest BCUT2D eigenvalue weighted by Crippen LogP contribution is -2.51. The first kappa shape index (κ1) is 18.7. The molecule has 6 nitrogen and oxygen atoms in total. The van der Waals surface area contributed by atoms with Crippen molar-refractivity contribution in [2.75, 3.05) is 6.54 Å². The Bertz CT molecular complexity index is 490. The van der Waals surface area contributed by atoms with Crippen LogP contribution in [-0.2, 0) is 9.59 Å². The Balaban J connectivity index is 2.12. The largest absolute Gasteiger partial charge is 0.336 e. The van der Waals surface area contributed by atoms with E-state index in [0.29, 0.717) is 12.8 Å². The summed E-state index contributed by atoms with van der Waals surface area (Å²) in [6.07, 6.45) is 6.05. The molecule has 1 aliphatic carbocycles. The zero-order valence-corrected chi connectivity index (χ0v) is 15.4. The number of amides is 4. The number of hydrogen-bond acceptors (Lipinski definition) is 3. The van der Waals surface area contributed by atoms with Crippen molar-refractivity contribution >= 4 is 17.8 Å². The molecule has 2 rings (SSSR count). The summed E-state index contributed by atoms with van der Waals surface area (Å²) in [7, 11) is 0. The van der Waals surface area contributed by atoms with Gasteiger partial charge in [-0.2, -0.15) is 0 Å². The van der Waals surface area contributed by atoms with Crippen LogP contribution in [0.3, 0.4) is 0 Å². The molecule has 2 fully saturated rings. The van der Waals surface area contributed by atoms with Gasteiger partial charge in [0.25, 0.3) is 5.91 Å². The Hall–Kier alpha value is -1.59. The quantitative estimate of drug-likeness (QED) is 0.758. The molecule has 1 N–H and O–H groups in total. The maximum atomic E-state index is 12.8. The fraction of sp³-hybridized carbons (Fsp3) is 0.833. The first-order chi connectivity index (χ1) is 11.4. The summed E-state index contributed by atoms with van der Waals surface area (Å²) < 4.78 is 0. The predicted octanol–water partition coefficient (Wildman–Crippen LogP) is 2.67. The van der Waals surface area contributed by atoms with Gasteiger partial charge in [0.1, 0.15) is 12.1 Å². The Labute approximate surface area is 144 Å². The molecule has 2 aliphatic rings. The van der Waals surface area contributed by atoms with Gasteiger partial charge in [-0.15, -0.1) is 0 Å². The Morgan fingerprint density at radius 3 is 2.17 bits per heavy atom. The van der Waals surface area contributed by atoms with E-state index in [9.17, 15) is 14.4 Å². The number of imide groups is 1. The molecule has 1 saturated carbocycles. The average Bonchev–Trinajstić information content (AvgIpc) is 2.79. The summed E-state index contributed by atoms with van der Waals surface area (Å²) in [5.41, 5.74) is -0.757. The second-order valence-corrected chi connectivity index (χ2v) is 7.28. The van der Waals surface area contributed by atoms with E-state index < -0.39 is 11.6 Å². The van der Waals surface area contributed by atoms with E-state index in [1.807, 2.05) is 32.6 Å². The van der Waals surface area contributed by atoms with Crippen molar-refractivity contribution in [1.29, 1.82) is 0 Å². The molecule has 0 radical (unpaired) electrons. The Morgan fingerprint density at radius 1 is 1.12 bits per heavy atom. The van der Waals surface area contributed by atoms with Gasteiger partial charge in [-0.3, -0.25) is 14.5 Å². The summed E-state index contributed by atoms with van der Waals surface area (Å²) in [5.74, 6) is -0.358. The first-order valence-electron chi connectivity index (χ1n) is 9.31. The van der Waals surface area contributed by atoms with Crippen LogP contribution >= 0.6 is 0 Å². The summed E-state index contributed by atoms with van der Waals surface area (Å²) in [6, 6.07) is -0.225. The van der Waals surface area contributed by atoms with Crippen molar-refractivity contribution in [3.63, 3.8) is 0 Å². The van der Waals surface area contributed by atoms with Gasteiger partial charge in [0.05, 0.1) is 0 Å².